The Hall–Kier alpha value is -1.82. The van der Waals surface area contributed by atoms with E-state index in [1.165, 1.54) is 37.1 Å². The fourth-order valence-corrected chi connectivity index (χ4v) is 1.61. The van der Waals surface area contributed by atoms with Gasteiger partial charge < -0.3 is 20.5 Å². The first-order valence-electron chi connectivity index (χ1n) is 6.71. The van der Waals surface area contributed by atoms with Crippen molar-refractivity contribution in [3.05, 3.63) is 30.1 Å². The number of carbonyl (C=O) groups is 1. The lowest BCUT2D eigenvalue weighted by Gasteiger charge is -2.13. The highest BCUT2D eigenvalue weighted by molar-refractivity contribution is 5.73. The van der Waals surface area contributed by atoms with Crippen molar-refractivity contribution >= 4 is 6.03 Å². The molecule has 1 saturated carbocycles. The number of aliphatic hydroxyl groups is 1. The van der Waals surface area contributed by atoms with Gasteiger partial charge in [-0.3, -0.25) is 0 Å². The molecule has 2 amide bonds. The number of urea groups is 1. The standard InChI is InChI=1S/C14H19FN2O3/c15-11-3-5-13(6-4-11)20-9-12(18)8-17-14(19)16-7-10-1-2-10/h3-6,10,12,18H,1-2,7-9H2,(H2,16,17,19). The fourth-order valence-electron chi connectivity index (χ4n) is 1.61. The second-order valence-corrected chi connectivity index (χ2v) is 4.95. The van der Waals surface area contributed by atoms with Crippen LogP contribution < -0.4 is 15.4 Å². The van der Waals surface area contributed by atoms with E-state index in [1.807, 2.05) is 0 Å². The molecule has 20 heavy (non-hydrogen) atoms. The number of benzene rings is 1. The molecule has 0 radical (unpaired) electrons. The lowest BCUT2D eigenvalue weighted by Crippen LogP contribution is -2.41. The Morgan fingerprint density at radius 2 is 2.05 bits per heavy atom. The van der Waals surface area contributed by atoms with Crippen molar-refractivity contribution in [1.29, 1.82) is 0 Å². The van der Waals surface area contributed by atoms with Gasteiger partial charge in [0, 0.05) is 13.1 Å². The number of rotatable bonds is 7. The highest BCUT2D eigenvalue weighted by Crippen LogP contribution is 2.27. The van der Waals surface area contributed by atoms with Gasteiger partial charge in [-0.15, -0.1) is 0 Å². The van der Waals surface area contributed by atoms with Gasteiger partial charge in [0.15, 0.2) is 0 Å². The van der Waals surface area contributed by atoms with Gasteiger partial charge in [0.05, 0.1) is 0 Å². The quantitative estimate of drug-likeness (QED) is 0.705. The molecule has 1 aromatic rings. The number of hydrogen-bond donors (Lipinski definition) is 3. The van der Waals surface area contributed by atoms with Crippen LogP contribution in [0.1, 0.15) is 12.8 Å². The molecular weight excluding hydrogens is 263 g/mol. The molecule has 0 saturated heterocycles. The topological polar surface area (TPSA) is 70.6 Å². The summed E-state index contributed by atoms with van der Waals surface area (Å²) in [7, 11) is 0. The molecule has 3 N–H and O–H groups in total. The van der Waals surface area contributed by atoms with Crippen LogP contribution in [0.25, 0.3) is 0 Å². The largest absolute Gasteiger partial charge is 0.491 e. The van der Waals surface area contributed by atoms with Crippen LogP contribution in [0, 0.1) is 11.7 Å². The summed E-state index contributed by atoms with van der Waals surface area (Å²) in [6.45, 7) is 0.834. The van der Waals surface area contributed by atoms with Crippen LogP contribution in [-0.4, -0.2) is 36.9 Å². The summed E-state index contributed by atoms with van der Waals surface area (Å²) in [5.74, 6) is 0.753. The third-order valence-corrected chi connectivity index (χ3v) is 3.00. The van der Waals surface area contributed by atoms with E-state index < -0.39 is 6.10 Å². The van der Waals surface area contributed by atoms with Gasteiger partial charge in [0.1, 0.15) is 24.3 Å². The number of carbonyl (C=O) groups excluding carboxylic acids is 1. The maximum Gasteiger partial charge on any atom is 0.314 e. The van der Waals surface area contributed by atoms with E-state index in [9.17, 15) is 14.3 Å². The molecule has 1 atom stereocenters. The lowest BCUT2D eigenvalue weighted by atomic mass is 10.3. The zero-order chi connectivity index (χ0) is 14.4. The van der Waals surface area contributed by atoms with Crippen molar-refractivity contribution in [2.75, 3.05) is 19.7 Å². The average molecular weight is 282 g/mol. The third-order valence-electron chi connectivity index (χ3n) is 3.00. The van der Waals surface area contributed by atoms with Gasteiger partial charge in [0.2, 0.25) is 0 Å². The Balaban J connectivity index is 1.58. The summed E-state index contributed by atoms with van der Waals surface area (Å²) in [6, 6.07) is 5.25. The van der Waals surface area contributed by atoms with Crippen LogP contribution in [0.3, 0.4) is 0 Å². The van der Waals surface area contributed by atoms with Crippen LogP contribution in [0.15, 0.2) is 24.3 Å². The molecule has 110 valence electrons. The van der Waals surface area contributed by atoms with Crippen LogP contribution in [0.4, 0.5) is 9.18 Å². The number of ether oxygens (including phenoxy) is 1. The van der Waals surface area contributed by atoms with E-state index in [0.29, 0.717) is 18.2 Å². The normalized spacial score (nSPS) is 15.5. The second-order valence-electron chi connectivity index (χ2n) is 4.95. The van der Waals surface area contributed by atoms with Gasteiger partial charge in [-0.25, -0.2) is 9.18 Å². The van der Waals surface area contributed by atoms with Gasteiger partial charge >= 0.3 is 6.03 Å². The minimum absolute atomic E-state index is 0.0362. The molecule has 1 aliphatic rings. The van der Waals surface area contributed by atoms with E-state index in [1.54, 1.807) is 0 Å². The van der Waals surface area contributed by atoms with E-state index >= 15 is 0 Å². The average Bonchev–Trinajstić information content (AvgIpc) is 3.26. The molecule has 0 spiro atoms. The Bertz CT molecular complexity index is 435. The van der Waals surface area contributed by atoms with Crippen LogP contribution in [0.2, 0.25) is 0 Å². The zero-order valence-corrected chi connectivity index (χ0v) is 11.1. The van der Waals surface area contributed by atoms with Crippen molar-refractivity contribution in [3.63, 3.8) is 0 Å². The van der Waals surface area contributed by atoms with Gasteiger partial charge in [-0.05, 0) is 43.0 Å². The van der Waals surface area contributed by atoms with E-state index in [2.05, 4.69) is 10.6 Å². The number of nitrogens with one attached hydrogen (secondary N) is 2. The van der Waals surface area contributed by atoms with Crippen molar-refractivity contribution < 1.29 is 19.0 Å². The molecule has 0 heterocycles. The summed E-state index contributed by atoms with van der Waals surface area (Å²) in [5, 5.41) is 15.0. The van der Waals surface area contributed by atoms with Crippen LogP contribution in [-0.2, 0) is 0 Å². The fraction of sp³-hybridized carbons (Fsp3) is 0.500. The molecule has 1 aliphatic carbocycles. The first-order valence-corrected chi connectivity index (χ1v) is 6.71. The molecular formula is C14H19FN2O3. The Morgan fingerprint density at radius 3 is 2.70 bits per heavy atom. The monoisotopic (exact) mass is 282 g/mol. The summed E-state index contributed by atoms with van der Waals surface area (Å²) < 4.78 is 17.9. The summed E-state index contributed by atoms with van der Waals surface area (Å²) in [4.78, 5) is 11.4. The summed E-state index contributed by atoms with van der Waals surface area (Å²) in [5.41, 5.74) is 0. The lowest BCUT2D eigenvalue weighted by molar-refractivity contribution is 0.108. The molecule has 0 bridgehead atoms. The molecule has 1 fully saturated rings. The van der Waals surface area contributed by atoms with Gasteiger partial charge in [-0.2, -0.15) is 0 Å². The third kappa shape index (κ3) is 5.44. The second kappa shape index (κ2) is 7.09. The Morgan fingerprint density at radius 1 is 1.35 bits per heavy atom. The van der Waals surface area contributed by atoms with Crippen molar-refractivity contribution in [3.8, 4) is 5.75 Å². The predicted molar refractivity (Wildman–Crippen MR) is 72.0 cm³/mol. The summed E-state index contributed by atoms with van der Waals surface area (Å²) in [6.07, 6.45) is 1.54. The van der Waals surface area contributed by atoms with Crippen LogP contribution >= 0.6 is 0 Å². The minimum atomic E-state index is -0.813. The molecule has 0 aromatic heterocycles. The minimum Gasteiger partial charge on any atom is -0.491 e. The molecule has 0 aliphatic heterocycles. The molecule has 6 heteroatoms. The zero-order valence-electron chi connectivity index (χ0n) is 11.1. The van der Waals surface area contributed by atoms with Crippen molar-refractivity contribution in [2.45, 2.75) is 18.9 Å². The van der Waals surface area contributed by atoms with E-state index in [-0.39, 0.29) is 25.0 Å². The molecule has 2 rings (SSSR count). The molecule has 1 aromatic carbocycles. The maximum absolute atomic E-state index is 12.7. The SMILES string of the molecule is O=C(NCC(O)COc1ccc(F)cc1)NCC1CC1. The van der Waals surface area contributed by atoms with Gasteiger partial charge in [0.25, 0.3) is 0 Å². The van der Waals surface area contributed by atoms with E-state index in [4.69, 9.17) is 4.74 Å². The van der Waals surface area contributed by atoms with Crippen molar-refractivity contribution in [1.82, 2.24) is 10.6 Å². The first kappa shape index (κ1) is 14.6. The Kier molecular flexibility index (Phi) is 5.17. The Labute approximate surface area is 117 Å². The first-order chi connectivity index (χ1) is 9.63. The highest BCUT2D eigenvalue weighted by Gasteiger charge is 2.21. The smallest absolute Gasteiger partial charge is 0.314 e. The summed E-state index contributed by atoms with van der Waals surface area (Å²) >= 11 is 0. The highest BCUT2D eigenvalue weighted by atomic mass is 19.1. The number of amides is 2. The van der Waals surface area contributed by atoms with E-state index in [0.717, 1.165) is 0 Å². The van der Waals surface area contributed by atoms with Crippen molar-refractivity contribution in [2.24, 2.45) is 5.92 Å². The molecule has 5 nitrogen and oxygen atoms in total. The number of halogens is 1. The van der Waals surface area contributed by atoms with Crippen LogP contribution in [0.5, 0.6) is 5.75 Å². The van der Waals surface area contributed by atoms with Gasteiger partial charge in [-0.1, -0.05) is 0 Å². The maximum atomic E-state index is 12.7. The number of aliphatic hydroxyl groups excluding tert-OH is 1. The molecule has 1 unspecified atom stereocenters. The predicted octanol–water partition coefficient (Wildman–Crippen LogP) is 1.27. The number of hydrogen-bond acceptors (Lipinski definition) is 3.